The van der Waals surface area contributed by atoms with Crippen LogP contribution in [0.25, 0.3) is 0 Å². The summed E-state index contributed by atoms with van der Waals surface area (Å²) in [5, 5.41) is 9.10. The summed E-state index contributed by atoms with van der Waals surface area (Å²) in [7, 11) is 0. The van der Waals surface area contributed by atoms with Crippen molar-refractivity contribution in [2.24, 2.45) is 0 Å². The van der Waals surface area contributed by atoms with Crippen molar-refractivity contribution >= 4 is 34.2 Å². The molecule has 0 bridgehead atoms. The van der Waals surface area contributed by atoms with Crippen molar-refractivity contribution in [3.05, 3.63) is 32.1 Å². The third-order valence-corrected chi connectivity index (χ3v) is 2.78. The number of hydrogen-bond donors (Lipinski definition) is 1. The molecule has 0 radical (unpaired) electrons. The zero-order valence-corrected chi connectivity index (χ0v) is 8.36. The minimum Gasteiger partial charge on any atom is -0.392 e. The molecule has 0 aliphatic carbocycles. The lowest BCUT2D eigenvalue weighted by Gasteiger charge is -2.00. The normalized spacial score (nSPS) is 10.2. The van der Waals surface area contributed by atoms with Crippen molar-refractivity contribution in [3.63, 3.8) is 0 Å². The highest BCUT2D eigenvalue weighted by atomic mass is 127. The molecule has 1 rings (SSSR count). The Morgan fingerprint density at radius 2 is 2.18 bits per heavy atom. The molecule has 0 heterocycles. The first kappa shape index (κ1) is 9.22. The Labute approximate surface area is 82.3 Å². The number of aliphatic hydroxyl groups excluding tert-OH is 1. The zero-order chi connectivity index (χ0) is 8.43. The van der Waals surface area contributed by atoms with Gasteiger partial charge in [0.25, 0.3) is 0 Å². The van der Waals surface area contributed by atoms with Crippen LogP contribution in [0.4, 0.5) is 4.39 Å². The van der Waals surface area contributed by atoms with E-state index >= 15 is 0 Å². The zero-order valence-electron chi connectivity index (χ0n) is 5.44. The molecule has 1 aromatic rings. The second-order valence-corrected chi connectivity index (χ2v) is 3.59. The third-order valence-electron chi connectivity index (χ3n) is 1.26. The largest absolute Gasteiger partial charge is 0.392 e. The molecule has 0 saturated carbocycles. The van der Waals surface area contributed by atoms with Gasteiger partial charge in [0.05, 0.1) is 11.6 Å². The summed E-state index contributed by atoms with van der Waals surface area (Å²) in [4.78, 5) is 0. The fourth-order valence-corrected chi connectivity index (χ4v) is 1.30. The van der Waals surface area contributed by atoms with Crippen molar-refractivity contribution in [1.29, 1.82) is 0 Å². The minimum absolute atomic E-state index is 0.232. The molecule has 0 unspecified atom stereocenters. The summed E-state index contributed by atoms with van der Waals surface area (Å²) < 4.78 is 13.5. The van der Waals surface area contributed by atoms with Gasteiger partial charge in [0.15, 0.2) is 0 Å². The van der Waals surface area contributed by atoms with Gasteiger partial charge in [0.2, 0.25) is 0 Å². The average Bonchev–Trinajstić information content (AvgIpc) is 1.97. The van der Waals surface area contributed by atoms with Gasteiger partial charge in [-0.15, -0.1) is 0 Å². The molecule has 1 nitrogen and oxygen atoms in total. The first-order valence-corrected chi connectivity index (χ1v) is 4.35. The Kier molecular flexibility index (Phi) is 3.09. The topological polar surface area (TPSA) is 20.2 Å². The lowest BCUT2D eigenvalue weighted by molar-refractivity contribution is 0.275. The summed E-state index contributed by atoms with van der Waals surface area (Å²) >= 11 is 7.61. The van der Waals surface area contributed by atoms with E-state index in [1.54, 1.807) is 0 Å². The molecule has 11 heavy (non-hydrogen) atoms. The van der Waals surface area contributed by atoms with Gasteiger partial charge in [-0.1, -0.05) is 11.6 Å². The van der Waals surface area contributed by atoms with Gasteiger partial charge in [0.1, 0.15) is 5.82 Å². The maximum absolute atomic E-state index is 12.8. The summed E-state index contributed by atoms with van der Waals surface area (Å²) in [6, 6.07) is 2.73. The number of rotatable bonds is 1. The van der Waals surface area contributed by atoms with Crippen LogP contribution in [0.3, 0.4) is 0 Å². The number of halogens is 3. The molecule has 1 aromatic carbocycles. The van der Waals surface area contributed by atoms with E-state index in [1.807, 2.05) is 22.6 Å². The average molecular weight is 286 g/mol. The second-order valence-electron chi connectivity index (χ2n) is 2.02. The van der Waals surface area contributed by atoms with E-state index in [1.165, 1.54) is 12.1 Å². The van der Waals surface area contributed by atoms with Crippen LogP contribution in [-0.4, -0.2) is 5.11 Å². The van der Waals surface area contributed by atoms with Gasteiger partial charge in [-0.05, 0) is 34.7 Å². The van der Waals surface area contributed by atoms with Crippen molar-refractivity contribution in [2.45, 2.75) is 6.61 Å². The molecule has 0 spiro atoms. The Bertz CT molecular complexity index is 277. The summed E-state index contributed by atoms with van der Waals surface area (Å²) in [5.41, 5.74) is 0.232. The lowest BCUT2D eigenvalue weighted by atomic mass is 10.2. The number of benzene rings is 1. The van der Waals surface area contributed by atoms with E-state index in [2.05, 4.69) is 0 Å². The number of hydrogen-bond acceptors (Lipinski definition) is 1. The maximum Gasteiger partial charge on any atom is 0.129 e. The minimum atomic E-state index is -0.415. The molecule has 60 valence electrons. The van der Waals surface area contributed by atoms with E-state index in [-0.39, 0.29) is 12.2 Å². The molecular formula is C7H5ClFIO. The predicted molar refractivity (Wildman–Crippen MR) is 50.0 cm³/mol. The van der Waals surface area contributed by atoms with Crippen LogP contribution in [0.2, 0.25) is 5.02 Å². The van der Waals surface area contributed by atoms with Crippen LogP contribution >= 0.6 is 34.2 Å². The summed E-state index contributed by atoms with van der Waals surface area (Å²) in [6.07, 6.45) is 0. The Morgan fingerprint density at radius 1 is 1.55 bits per heavy atom. The van der Waals surface area contributed by atoms with Crippen LogP contribution in [0.1, 0.15) is 5.56 Å². The molecule has 1 N–H and O–H groups in total. The van der Waals surface area contributed by atoms with E-state index in [9.17, 15) is 4.39 Å². The van der Waals surface area contributed by atoms with Crippen LogP contribution < -0.4 is 0 Å². The molecule has 0 aliphatic heterocycles. The Hall–Kier alpha value is 0.130. The van der Waals surface area contributed by atoms with Crippen molar-refractivity contribution in [2.75, 3.05) is 0 Å². The van der Waals surface area contributed by atoms with Gasteiger partial charge >= 0.3 is 0 Å². The Balaban J connectivity index is 3.21. The van der Waals surface area contributed by atoms with Crippen LogP contribution in [0.5, 0.6) is 0 Å². The second kappa shape index (κ2) is 3.69. The molecule has 0 saturated heterocycles. The SMILES string of the molecule is OCc1cc(Cl)c(I)cc1F. The highest BCUT2D eigenvalue weighted by Crippen LogP contribution is 2.22. The fraction of sp³-hybridized carbons (Fsp3) is 0.143. The van der Waals surface area contributed by atoms with Crippen LogP contribution in [0.15, 0.2) is 12.1 Å². The van der Waals surface area contributed by atoms with Gasteiger partial charge in [-0.3, -0.25) is 0 Å². The van der Waals surface area contributed by atoms with Crippen molar-refractivity contribution < 1.29 is 9.50 Å². The van der Waals surface area contributed by atoms with Gasteiger partial charge < -0.3 is 5.11 Å². The summed E-state index contributed by atoms with van der Waals surface area (Å²) in [5.74, 6) is -0.415. The smallest absolute Gasteiger partial charge is 0.129 e. The molecule has 0 aromatic heterocycles. The molecule has 0 amide bonds. The standard InChI is InChI=1S/C7H5ClFIO/c8-5-1-4(3-11)6(9)2-7(5)10/h1-2,11H,3H2. The molecule has 0 fully saturated rings. The monoisotopic (exact) mass is 286 g/mol. The van der Waals surface area contributed by atoms with Gasteiger partial charge in [-0.2, -0.15) is 0 Å². The third kappa shape index (κ3) is 2.04. The molecule has 0 aliphatic rings. The lowest BCUT2D eigenvalue weighted by Crippen LogP contribution is -1.90. The van der Waals surface area contributed by atoms with Crippen molar-refractivity contribution in [3.8, 4) is 0 Å². The van der Waals surface area contributed by atoms with E-state index < -0.39 is 5.82 Å². The first-order chi connectivity index (χ1) is 5.15. The quantitative estimate of drug-likeness (QED) is 0.621. The van der Waals surface area contributed by atoms with E-state index in [4.69, 9.17) is 16.7 Å². The van der Waals surface area contributed by atoms with E-state index in [0.29, 0.717) is 8.59 Å². The predicted octanol–water partition coefficient (Wildman–Crippen LogP) is 2.58. The molecule has 4 heteroatoms. The molecular weight excluding hydrogens is 281 g/mol. The highest BCUT2D eigenvalue weighted by molar-refractivity contribution is 14.1. The van der Waals surface area contributed by atoms with Crippen molar-refractivity contribution in [1.82, 2.24) is 0 Å². The Morgan fingerprint density at radius 3 is 2.73 bits per heavy atom. The summed E-state index contributed by atoms with van der Waals surface area (Å²) in [6.45, 7) is -0.317. The molecule has 0 atom stereocenters. The van der Waals surface area contributed by atoms with E-state index in [0.717, 1.165) is 0 Å². The maximum atomic E-state index is 12.8. The van der Waals surface area contributed by atoms with Crippen LogP contribution in [0, 0.1) is 9.39 Å². The van der Waals surface area contributed by atoms with Crippen LogP contribution in [-0.2, 0) is 6.61 Å². The number of aliphatic hydroxyl groups is 1. The van der Waals surface area contributed by atoms with Gasteiger partial charge in [-0.25, -0.2) is 4.39 Å². The first-order valence-electron chi connectivity index (χ1n) is 2.89. The van der Waals surface area contributed by atoms with Gasteiger partial charge in [0, 0.05) is 9.13 Å². The highest BCUT2D eigenvalue weighted by Gasteiger charge is 2.04. The fourth-order valence-electron chi connectivity index (χ4n) is 0.685.